The van der Waals surface area contributed by atoms with Gasteiger partial charge >= 0.3 is 0 Å². The Balaban J connectivity index is 0. The van der Waals surface area contributed by atoms with E-state index in [1.807, 2.05) is 54.5 Å². The molecular formula is C18H31N3O. The Bertz CT molecular complexity index is 643. The van der Waals surface area contributed by atoms with E-state index >= 15 is 0 Å². The van der Waals surface area contributed by atoms with Gasteiger partial charge in [-0.2, -0.15) is 0 Å². The third-order valence-electron chi connectivity index (χ3n) is 2.49. The van der Waals surface area contributed by atoms with Crippen molar-refractivity contribution in [1.29, 1.82) is 0 Å². The first-order chi connectivity index (χ1) is 10.5. The minimum Gasteiger partial charge on any atom is -0.446 e. The fraction of sp³-hybridized carbons (Fsp3) is 0.444. The van der Waals surface area contributed by atoms with Crippen molar-refractivity contribution in [2.24, 2.45) is 0 Å². The summed E-state index contributed by atoms with van der Waals surface area (Å²) in [6, 6.07) is 6.21. The smallest absolute Gasteiger partial charge is 0.191 e. The molecule has 124 valence electrons. The maximum absolute atomic E-state index is 4.97. The summed E-state index contributed by atoms with van der Waals surface area (Å²) >= 11 is 0. The van der Waals surface area contributed by atoms with Crippen LogP contribution in [-0.4, -0.2) is 15.0 Å². The molecule has 0 saturated heterocycles. The summed E-state index contributed by atoms with van der Waals surface area (Å²) in [5, 5.41) is 0. The van der Waals surface area contributed by atoms with Gasteiger partial charge in [0.05, 0.1) is 17.2 Å². The largest absolute Gasteiger partial charge is 0.446 e. The van der Waals surface area contributed by atoms with E-state index in [2.05, 4.69) is 34.0 Å². The van der Waals surface area contributed by atoms with Crippen LogP contribution in [0, 0.1) is 27.7 Å². The maximum Gasteiger partial charge on any atom is 0.191 e. The highest BCUT2D eigenvalue weighted by molar-refractivity contribution is 5.75. The summed E-state index contributed by atoms with van der Waals surface area (Å²) < 4.78 is 4.97. The Morgan fingerprint density at radius 1 is 1.00 bits per heavy atom. The fourth-order valence-corrected chi connectivity index (χ4v) is 1.72. The number of hydrogen-bond acceptors (Lipinski definition) is 3. The molecule has 1 aromatic carbocycles. The minimum atomic E-state index is 0. The summed E-state index contributed by atoms with van der Waals surface area (Å²) in [4.78, 5) is 11.3. The van der Waals surface area contributed by atoms with E-state index in [9.17, 15) is 0 Å². The number of rotatable bonds is 0. The first-order valence-corrected chi connectivity index (χ1v) is 7.86. The van der Waals surface area contributed by atoms with Crippen molar-refractivity contribution >= 4 is 11.0 Å². The fourth-order valence-electron chi connectivity index (χ4n) is 1.72. The molecule has 3 rings (SSSR count). The number of benzene rings is 1. The average molecular weight is 305 g/mol. The summed E-state index contributed by atoms with van der Waals surface area (Å²) in [7, 11) is 0. The molecule has 2 heterocycles. The summed E-state index contributed by atoms with van der Waals surface area (Å²) in [6.07, 6.45) is 1.70. The van der Waals surface area contributed by atoms with Gasteiger partial charge in [-0.1, -0.05) is 33.8 Å². The molecule has 0 aliphatic rings. The zero-order valence-electron chi connectivity index (χ0n) is 15.1. The lowest BCUT2D eigenvalue weighted by atomic mass is 10.2. The minimum absolute atomic E-state index is 0. The number of nitrogens with zero attached hydrogens (tertiary/aromatic N) is 2. The molecular weight excluding hydrogens is 274 g/mol. The molecule has 0 saturated carbocycles. The molecule has 22 heavy (non-hydrogen) atoms. The topological polar surface area (TPSA) is 54.7 Å². The highest BCUT2D eigenvalue weighted by atomic mass is 16.3. The van der Waals surface area contributed by atoms with Gasteiger partial charge in [-0.15, -0.1) is 0 Å². The van der Waals surface area contributed by atoms with Gasteiger partial charge in [-0.25, -0.2) is 9.97 Å². The molecule has 0 aliphatic carbocycles. The van der Waals surface area contributed by atoms with Crippen LogP contribution in [-0.2, 0) is 0 Å². The van der Waals surface area contributed by atoms with Crippen LogP contribution in [0.5, 0.6) is 0 Å². The quantitative estimate of drug-likeness (QED) is 0.573. The third kappa shape index (κ3) is 6.57. The molecule has 1 N–H and O–H groups in total. The number of fused-ring (bicyclic) bond motifs is 1. The molecule has 0 spiro atoms. The number of imidazole rings is 1. The number of aryl methyl sites for hydroxylation is 4. The van der Waals surface area contributed by atoms with E-state index in [0.29, 0.717) is 0 Å². The second kappa shape index (κ2) is 10.6. The standard InChI is InChI=1S/C9H10N2.C5H7NO.2C2H6.H2/c1-6-3-4-8-9(5-6)11-7(2)10-8;1-4-3-6-5(2)7-4;2*1-2;/h3-5H,1-2H3,(H,10,11);3H,1-2H3;2*1-2H3;1H. The molecule has 0 amide bonds. The van der Waals surface area contributed by atoms with Crippen molar-refractivity contribution in [1.82, 2.24) is 15.0 Å². The number of nitrogens with one attached hydrogen (secondary N) is 1. The van der Waals surface area contributed by atoms with Gasteiger partial charge in [0.1, 0.15) is 11.6 Å². The van der Waals surface area contributed by atoms with E-state index in [1.54, 1.807) is 6.20 Å². The molecule has 0 atom stereocenters. The van der Waals surface area contributed by atoms with Crippen molar-refractivity contribution in [3.05, 3.63) is 47.4 Å². The van der Waals surface area contributed by atoms with Crippen LogP contribution in [0.3, 0.4) is 0 Å². The van der Waals surface area contributed by atoms with Gasteiger partial charge in [0.2, 0.25) is 0 Å². The lowest BCUT2D eigenvalue weighted by Crippen LogP contribution is -1.71. The Labute approximate surface area is 135 Å². The number of H-pyrrole nitrogens is 1. The Kier molecular flexibility index (Phi) is 9.59. The Morgan fingerprint density at radius 3 is 2.09 bits per heavy atom. The second-order valence-electron chi connectivity index (χ2n) is 4.33. The maximum atomic E-state index is 4.97. The molecule has 0 bridgehead atoms. The van der Waals surface area contributed by atoms with E-state index in [-0.39, 0.29) is 1.43 Å². The summed E-state index contributed by atoms with van der Waals surface area (Å²) in [6.45, 7) is 15.7. The molecule has 2 aromatic heterocycles. The number of oxazole rings is 1. The van der Waals surface area contributed by atoms with Gasteiger partial charge in [0.25, 0.3) is 0 Å². The lowest BCUT2D eigenvalue weighted by molar-refractivity contribution is 0.494. The zero-order valence-corrected chi connectivity index (χ0v) is 15.1. The average Bonchev–Trinajstić information content (AvgIpc) is 3.07. The first-order valence-electron chi connectivity index (χ1n) is 7.86. The zero-order chi connectivity index (χ0) is 17.1. The van der Waals surface area contributed by atoms with Gasteiger partial charge in [-0.05, 0) is 38.5 Å². The Hall–Kier alpha value is -2.10. The molecule has 0 unspecified atom stereocenters. The van der Waals surface area contributed by atoms with Crippen LogP contribution in [0.2, 0.25) is 0 Å². The normalized spacial score (nSPS) is 8.91. The highest BCUT2D eigenvalue weighted by Gasteiger charge is 1.96. The van der Waals surface area contributed by atoms with Crippen LogP contribution in [0.4, 0.5) is 0 Å². The molecule has 0 fully saturated rings. The van der Waals surface area contributed by atoms with Gasteiger partial charge in [-0.3, -0.25) is 0 Å². The van der Waals surface area contributed by atoms with E-state index in [1.165, 1.54) is 5.56 Å². The third-order valence-corrected chi connectivity index (χ3v) is 2.49. The first kappa shape index (κ1) is 19.9. The van der Waals surface area contributed by atoms with Crippen molar-refractivity contribution in [2.75, 3.05) is 0 Å². The Morgan fingerprint density at radius 2 is 1.64 bits per heavy atom. The van der Waals surface area contributed by atoms with Crippen molar-refractivity contribution < 1.29 is 5.84 Å². The van der Waals surface area contributed by atoms with Crippen LogP contribution in [0.1, 0.15) is 52.2 Å². The SMILES string of the molecule is CC.CC.Cc1ccc2nc(C)[nH]c2c1.Cc1cnc(C)o1.[HH]. The molecule has 4 nitrogen and oxygen atoms in total. The van der Waals surface area contributed by atoms with E-state index < -0.39 is 0 Å². The van der Waals surface area contributed by atoms with E-state index in [0.717, 1.165) is 28.5 Å². The van der Waals surface area contributed by atoms with Gasteiger partial charge in [0.15, 0.2) is 5.89 Å². The van der Waals surface area contributed by atoms with Crippen LogP contribution >= 0.6 is 0 Å². The molecule has 4 heteroatoms. The van der Waals surface area contributed by atoms with Crippen molar-refractivity contribution in [3.8, 4) is 0 Å². The van der Waals surface area contributed by atoms with Crippen LogP contribution < -0.4 is 0 Å². The molecule has 0 aliphatic heterocycles. The second-order valence-corrected chi connectivity index (χ2v) is 4.33. The number of aromatic amines is 1. The van der Waals surface area contributed by atoms with Crippen LogP contribution in [0.25, 0.3) is 11.0 Å². The molecule has 3 aromatic rings. The van der Waals surface area contributed by atoms with Crippen molar-refractivity contribution in [2.45, 2.75) is 55.4 Å². The van der Waals surface area contributed by atoms with Crippen LogP contribution in [0.15, 0.2) is 28.8 Å². The van der Waals surface area contributed by atoms with Gasteiger partial charge in [0, 0.05) is 8.35 Å². The molecule has 0 radical (unpaired) electrons. The predicted molar refractivity (Wildman–Crippen MR) is 96.4 cm³/mol. The number of hydrogen-bond donors (Lipinski definition) is 1. The van der Waals surface area contributed by atoms with Gasteiger partial charge < -0.3 is 9.40 Å². The van der Waals surface area contributed by atoms with E-state index in [4.69, 9.17) is 4.42 Å². The highest BCUT2D eigenvalue weighted by Crippen LogP contribution is 2.12. The lowest BCUT2D eigenvalue weighted by Gasteiger charge is -1.89. The summed E-state index contributed by atoms with van der Waals surface area (Å²) in [5.41, 5.74) is 3.44. The monoisotopic (exact) mass is 305 g/mol. The number of aromatic nitrogens is 3. The summed E-state index contributed by atoms with van der Waals surface area (Å²) in [5.74, 6) is 2.58. The van der Waals surface area contributed by atoms with Crippen molar-refractivity contribution in [3.63, 3.8) is 0 Å². The predicted octanol–water partition coefficient (Wildman–Crippen LogP) is 5.77.